The molecule has 3 heterocycles. The van der Waals surface area contributed by atoms with Crippen molar-refractivity contribution in [2.45, 2.75) is 31.8 Å². The van der Waals surface area contributed by atoms with Gasteiger partial charge >= 0.3 is 0 Å². The molecule has 2 aromatic rings. The van der Waals surface area contributed by atoms with E-state index in [0.29, 0.717) is 18.8 Å². The highest BCUT2D eigenvalue weighted by Gasteiger charge is 2.27. The number of halogens is 1. The molecular formula is C18H21ClN4O. The van der Waals surface area contributed by atoms with Gasteiger partial charge in [-0.1, -0.05) is 23.7 Å². The molecule has 1 atom stereocenters. The van der Waals surface area contributed by atoms with E-state index in [0.717, 1.165) is 36.5 Å². The molecular weight excluding hydrogens is 324 g/mol. The maximum Gasteiger partial charge on any atom is 0.274 e. The fraction of sp³-hybridized carbons (Fsp3) is 0.444. The van der Waals surface area contributed by atoms with Gasteiger partial charge in [-0.15, -0.1) is 0 Å². The first-order valence-corrected chi connectivity index (χ1v) is 8.93. The summed E-state index contributed by atoms with van der Waals surface area (Å²) in [6, 6.07) is 9.90. The molecule has 2 aliphatic rings. The zero-order valence-corrected chi connectivity index (χ0v) is 14.3. The average molecular weight is 345 g/mol. The molecule has 126 valence electrons. The van der Waals surface area contributed by atoms with Crippen molar-refractivity contribution in [3.05, 3.63) is 52.3 Å². The Kier molecular flexibility index (Phi) is 4.29. The van der Waals surface area contributed by atoms with Crippen LogP contribution >= 0.6 is 11.6 Å². The van der Waals surface area contributed by atoms with Gasteiger partial charge in [-0.25, -0.2) is 0 Å². The smallest absolute Gasteiger partial charge is 0.274 e. The van der Waals surface area contributed by atoms with Gasteiger partial charge < -0.3 is 10.2 Å². The van der Waals surface area contributed by atoms with Crippen molar-refractivity contribution in [3.8, 4) is 0 Å². The highest BCUT2D eigenvalue weighted by molar-refractivity contribution is 6.30. The molecule has 0 bridgehead atoms. The minimum Gasteiger partial charge on any atom is -0.334 e. The molecule has 1 N–H and O–H groups in total. The number of nitrogens with zero attached hydrogens (tertiary/aromatic N) is 3. The molecule has 0 aliphatic carbocycles. The molecule has 24 heavy (non-hydrogen) atoms. The van der Waals surface area contributed by atoms with Crippen molar-refractivity contribution in [1.29, 1.82) is 0 Å². The summed E-state index contributed by atoms with van der Waals surface area (Å²) < 4.78 is 1.99. The van der Waals surface area contributed by atoms with Crippen LogP contribution in [0.3, 0.4) is 0 Å². The number of benzene rings is 1. The SMILES string of the molecule is O=C(c1cc2n(n1)CCCC2)N1CCNC(c2cccc(Cl)c2)C1. The molecule has 2 aliphatic heterocycles. The maximum absolute atomic E-state index is 12.9. The maximum atomic E-state index is 12.9. The lowest BCUT2D eigenvalue weighted by Gasteiger charge is -2.33. The van der Waals surface area contributed by atoms with E-state index in [1.807, 2.05) is 39.9 Å². The van der Waals surface area contributed by atoms with Gasteiger partial charge in [0.05, 0.1) is 6.04 Å². The molecule has 5 nitrogen and oxygen atoms in total. The van der Waals surface area contributed by atoms with E-state index in [4.69, 9.17) is 11.6 Å². The number of fused-ring (bicyclic) bond motifs is 1. The zero-order chi connectivity index (χ0) is 16.5. The Morgan fingerprint density at radius 1 is 1.25 bits per heavy atom. The quantitative estimate of drug-likeness (QED) is 0.911. The van der Waals surface area contributed by atoms with Crippen molar-refractivity contribution in [1.82, 2.24) is 20.0 Å². The average Bonchev–Trinajstić information content (AvgIpc) is 3.05. The van der Waals surface area contributed by atoms with Crippen LogP contribution in [0, 0.1) is 0 Å². The van der Waals surface area contributed by atoms with Gasteiger partial charge in [0, 0.05) is 36.9 Å². The number of amides is 1. The van der Waals surface area contributed by atoms with E-state index in [9.17, 15) is 4.79 Å². The molecule has 0 spiro atoms. The second-order valence-corrected chi connectivity index (χ2v) is 6.95. The van der Waals surface area contributed by atoms with E-state index in [1.54, 1.807) is 0 Å². The fourth-order valence-corrected chi connectivity index (χ4v) is 3.76. The second kappa shape index (κ2) is 6.57. The third kappa shape index (κ3) is 3.06. The van der Waals surface area contributed by atoms with E-state index in [2.05, 4.69) is 10.4 Å². The fourth-order valence-electron chi connectivity index (χ4n) is 3.57. The van der Waals surface area contributed by atoms with Crippen molar-refractivity contribution >= 4 is 17.5 Å². The first-order chi connectivity index (χ1) is 11.7. The number of carbonyl (C=O) groups excluding carboxylic acids is 1. The van der Waals surface area contributed by atoms with Crippen LogP contribution in [0.1, 0.15) is 40.6 Å². The second-order valence-electron chi connectivity index (χ2n) is 6.51. The normalized spacial score (nSPS) is 20.7. The van der Waals surface area contributed by atoms with Crippen molar-refractivity contribution < 1.29 is 4.79 Å². The number of rotatable bonds is 2. The minimum atomic E-state index is 0.0328. The van der Waals surface area contributed by atoms with Crippen LogP contribution in [0.15, 0.2) is 30.3 Å². The molecule has 1 unspecified atom stereocenters. The van der Waals surface area contributed by atoms with Crippen LogP contribution in [0.5, 0.6) is 0 Å². The van der Waals surface area contributed by atoms with E-state index in [1.165, 1.54) is 12.1 Å². The number of carbonyl (C=O) groups is 1. The van der Waals surface area contributed by atoms with E-state index in [-0.39, 0.29) is 11.9 Å². The molecule has 0 saturated carbocycles. The predicted molar refractivity (Wildman–Crippen MR) is 93.3 cm³/mol. The lowest BCUT2D eigenvalue weighted by Crippen LogP contribution is -2.48. The Labute approximate surface area is 146 Å². The zero-order valence-electron chi connectivity index (χ0n) is 13.5. The summed E-state index contributed by atoms with van der Waals surface area (Å²) in [5.74, 6) is 0.0328. The summed E-state index contributed by atoms with van der Waals surface area (Å²) in [7, 11) is 0. The van der Waals surface area contributed by atoms with E-state index >= 15 is 0 Å². The van der Waals surface area contributed by atoms with E-state index < -0.39 is 0 Å². The summed E-state index contributed by atoms with van der Waals surface area (Å²) in [6.07, 6.45) is 3.35. The van der Waals surface area contributed by atoms with Crippen LogP contribution in [0.25, 0.3) is 0 Å². The van der Waals surface area contributed by atoms with Gasteiger partial charge in [-0.2, -0.15) is 5.10 Å². The molecule has 4 rings (SSSR count). The Hall–Kier alpha value is -1.85. The lowest BCUT2D eigenvalue weighted by atomic mass is 10.0. The van der Waals surface area contributed by atoms with Gasteiger partial charge in [0.2, 0.25) is 0 Å². The topological polar surface area (TPSA) is 50.2 Å². The van der Waals surface area contributed by atoms with Crippen LogP contribution in [-0.2, 0) is 13.0 Å². The van der Waals surface area contributed by atoms with Gasteiger partial charge in [-0.3, -0.25) is 9.48 Å². The third-order valence-corrected chi connectivity index (χ3v) is 5.08. The van der Waals surface area contributed by atoms with Crippen LogP contribution in [0.4, 0.5) is 0 Å². The first kappa shape index (κ1) is 15.7. The molecule has 1 aromatic carbocycles. The summed E-state index contributed by atoms with van der Waals surface area (Å²) in [6.45, 7) is 3.05. The van der Waals surface area contributed by atoms with Crippen LogP contribution < -0.4 is 5.32 Å². The Morgan fingerprint density at radius 2 is 2.17 bits per heavy atom. The summed E-state index contributed by atoms with van der Waals surface area (Å²) in [5, 5.41) is 8.71. The number of hydrogen-bond donors (Lipinski definition) is 1. The van der Waals surface area contributed by atoms with Crippen LogP contribution in [-0.4, -0.2) is 40.2 Å². The number of hydrogen-bond acceptors (Lipinski definition) is 3. The molecule has 1 aromatic heterocycles. The van der Waals surface area contributed by atoms with Crippen molar-refractivity contribution in [2.75, 3.05) is 19.6 Å². The Bertz CT molecular complexity index is 734. The van der Waals surface area contributed by atoms with Gasteiger partial charge in [0.25, 0.3) is 5.91 Å². The Balaban J connectivity index is 1.51. The predicted octanol–water partition coefficient (Wildman–Crippen LogP) is 2.66. The number of aromatic nitrogens is 2. The lowest BCUT2D eigenvalue weighted by molar-refractivity contribution is 0.0696. The van der Waals surface area contributed by atoms with Gasteiger partial charge in [0.1, 0.15) is 0 Å². The summed E-state index contributed by atoms with van der Waals surface area (Å²) >= 11 is 6.10. The molecule has 6 heteroatoms. The van der Waals surface area contributed by atoms with Crippen molar-refractivity contribution in [3.63, 3.8) is 0 Å². The van der Waals surface area contributed by atoms with Crippen LogP contribution in [0.2, 0.25) is 5.02 Å². The molecule has 0 radical (unpaired) electrons. The molecule has 1 saturated heterocycles. The largest absolute Gasteiger partial charge is 0.334 e. The standard InChI is InChI=1S/C18H21ClN4O/c19-14-5-3-4-13(10-14)17-12-22(9-7-20-17)18(24)16-11-15-6-1-2-8-23(15)21-16/h3-5,10-11,17,20H,1-2,6-9,12H2. The Morgan fingerprint density at radius 3 is 3.00 bits per heavy atom. The highest BCUT2D eigenvalue weighted by atomic mass is 35.5. The van der Waals surface area contributed by atoms with Crippen molar-refractivity contribution in [2.24, 2.45) is 0 Å². The van der Waals surface area contributed by atoms with Gasteiger partial charge in [-0.05, 0) is 43.0 Å². The first-order valence-electron chi connectivity index (χ1n) is 8.55. The van der Waals surface area contributed by atoms with Gasteiger partial charge in [0.15, 0.2) is 5.69 Å². The third-order valence-electron chi connectivity index (χ3n) is 4.85. The number of piperazine rings is 1. The molecule has 1 amide bonds. The monoisotopic (exact) mass is 344 g/mol. The summed E-state index contributed by atoms with van der Waals surface area (Å²) in [4.78, 5) is 14.8. The minimum absolute atomic E-state index is 0.0328. The number of aryl methyl sites for hydroxylation is 2. The number of nitrogens with one attached hydrogen (secondary N) is 1. The highest BCUT2D eigenvalue weighted by Crippen LogP contribution is 2.22. The summed E-state index contributed by atoms with van der Waals surface area (Å²) in [5.41, 5.74) is 2.88. The molecule has 1 fully saturated rings.